The lowest BCUT2D eigenvalue weighted by Crippen LogP contribution is -2.30. The first-order valence-corrected chi connectivity index (χ1v) is 11.0. The van der Waals surface area contributed by atoms with Gasteiger partial charge in [0.15, 0.2) is 0 Å². The number of nitrogens with one attached hydrogen (secondary N) is 1. The first kappa shape index (κ1) is 24.4. The number of nitrogens with zero attached hydrogens (tertiary/aromatic N) is 1. The Bertz CT molecular complexity index is 496. The molecule has 0 bridgehead atoms. The van der Waals surface area contributed by atoms with E-state index in [0.29, 0.717) is 6.42 Å². The number of aliphatic carboxylic acids is 1. The second-order valence-corrected chi connectivity index (χ2v) is 8.01. The minimum atomic E-state index is -0.745. The molecule has 7 heteroatoms. The van der Waals surface area contributed by atoms with E-state index in [1.807, 2.05) is 0 Å². The monoisotopic (exact) mass is 397 g/mol. The Morgan fingerprint density at radius 2 is 1.82 bits per heavy atom. The van der Waals surface area contributed by atoms with E-state index in [4.69, 9.17) is 10.8 Å². The van der Waals surface area contributed by atoms with Gasteiger partial charge in [-0.05, 0) is 38.0 Å². The summed E-state index contributed by atoms with van der Waals surface area (Å²) < 4.78 is 0. The van der Waals surface area contributed by atoms with Gasteiger partial charge in [-0.15, -0.1) is 0 Å². The number of urea groups is 1. The summed E-state index contributed by atoms with van der Waals surface area (Å²) in [4.78, 5) is 21.6. The summed E-state index contributed by atoms with van der Waals surface area (Å²) in [6.07, 6.45) is 12.7. The van der Waals surface area contributed by atoms with Crippen molar-refractivity contribution < 1.29 is 19.8 Å². The van der Waals surface area contributed by atoms with Crippen molar-refractivity contribution in [3.8, 4) is 0 Å². The molecular formula is C21H39N3O4. The molecule has 3 atom stereocenters. The first-order chi connectivity index (χ1) is 13.5. The number of carbonyl (C=O) groups excluding carboxylic acids is 1. The second-order valence-electron chi connectivity index (χ2n) is 8.01. The van der Waals surface area contributed by atoms with E-state index >= 15 is 0 Å². The van der Waals surface area contributed by atoms with Gasteiger partial charge in [-0.25, -0.2) is 10.2 Å². The van der Waals surface area contributed by atoms with Crippen LogP contribution < -0.4 is 11.2 Å². The number of primary amides is 1. The van der Waals surface area contributed by atoms with Gasteiger partial charge < -0.3 is 15.9 Å². The van der Waals surface area contributed by atoms with Crippen molar-refractivity contribution in [1.82, 2.24) is 5.43 Å². The summed E-state index contributed by atoms with van der Waals surface area (Å²) in [6, 6.07) is -0.667. The molecule has 0 aliphatic heterocycles. The third kappa shape index (κ3) is 10.1. The van der Waals surface area contributed by atoms with Crippen molar-refractivity contribution in [2.45, 2.75) is 103 Å². The van der Waals surface area contributed by atoms with Crippen LogP contribution in [0.15, 0.2) is 5.10 Å². The number of hydrogen-bond acceptors (Lipinski definition) is 4. The molecule has 162 valence electrons. The smallest absolute Gasteiger partial charge is 0.332 e. The van der Waals surface area contributed by atoms with Crippen LogP contribution in [0.3, 0.4) is 0 Å². The predicted octanol–water partition coefficient (Wildman–Crippen LogP) is 4.18. The lowest BCUT2D eigenvalue weighted by atomic mass is 9.84. The van der Waals surface area contributed by atoms with Crippen LogP contribution in [0.25, 0.3) is 0 Å². The van der Waals surface area contributed by atoms with Crippen LogP contribution in [-0.2, 0) is 4.79 Å². The standard InChI is InChI=1S/C21H39N3O4/c1-2-3-4-5-9-12-19(25)17-14-15-18(23-24-21(22)28)16(17)11-8-6-7-10-13-20(26)27/h16-17,19,25H,2-15H2,1H3,(H,26,27)(H3,22,24,28)/t16-,17+,19?/m0/s1. The minimum Gasteiger partial charge on any atom is -0.481 e. The molecular weight excluding hydrogens is 358 g/mol. The maximum absolute atomic E-state index is 11.0. The topological polar surface area (TPSA) is 125 Å². The van der Waals surface area contributed by atoms with Gasteiger partial charge in [0.05, 0.1) is 6.10 Å². The summed E-state index contributed by atoms with van der Waals surface area (Å²) in [7, 11) is 0. The van der Waals surface area contributed by atoms with Crippen molar-refractivity contribution in [2.75, 3.05) is 0 Å². The van der Waals surface area contributed by atoms with Crippen LogP contribution in [0, 0.1) is 11.8 Å². The van der Waals surface area contributed by atoms with Gasteiger partial charge in [-0.2, -0.15) is 5.10 Å². The Balaban J connectivity index is 2.51. The van der Waals surface area contributed by atoms with E-state index in [9.17, 15) is 14.7 Å². The van der Waals surface area contributed by atoms with E-state index < -0.39 is 12.0 Å². The Hall–Kier alpha value is -1.63. The minimum absolute atomic E-state index is 0.164. The lowest BCUT2D eigenvalue weighted by Gasteiger charge is -2.25. The number of aliphatic hydroxyl groups excluding tert-OH is 1. The highest BCUT2D eigenvalue weighted by atomic mass is 16.4. The van der Waals surface area contributed by atoms with Crippen LogP contribution in [-0.4, -0.2) is 34.0 Å². The third-order valence-corrected chi connectivity index (χ3v) is 5.74. The van der Waals surface area contributed by atoms with Crippen LogP contribution in [0.4, 0.5) is 4.79 Å². The summed E-state index contributed by atoms with van der Waals surface area (Å²) >= 11 is 0. The molecule has 28 heavy (non-hydrogen) atoms. The van der Waals surface area contributed by atoms with Crippen molar-refractivity contribution in [3.63, 3.8) is 0 Å². The third-order valence-electron chi connectivity index (χ3n) is 5.74. The zero-order valence-corrected chi connectivity index (χ0v) is 17.4. The molecule has 1 saturated carbocycles. The summed E-state index contributed by atoms with van der Waals surface area (Å²) in [5, 5.41) is 23.6. The molecule has 2 amide bonds. The summed E-state index contributed by atoms with van der Waals surface area (Å²) in [5.74, 6) is -0.402. The zero-order valence-electron chi connectivity index (χ0n) is 17.4. The molecule has 1 aliphatic carbocycles. The predicted molar refractivity (Wildman–Crippen MR) is 111 cm³/mol. The molecule has 1 fully saturated rings. The second kappa shape index (κ2) is 14.4. The molecule has 0 saturated heterocycles. The number of hydrogen-bond donors (Lipinski definition) is 4. The highest BCUT2D eigenvalue weighted by molar-refractivity contribution is 5.90. The molecule has 0 heterocycles. The Labute approximate surface area is 169 Å². The summed E-state index contributed by atoms with van der Waals surface area (Å²) in [5.41, 5.74) is 8.42. The number of unbranched alkanes of at least 4 members (excludes halogenated alkanes) is 7. The SMILES string of the molecule is CCCCCCCC(O)[C@@H]1CCC(=NNC(N)=O)[C@H]1CCCCCCC(=O)O. The molecule has 0 aromatic heterocycles. The van der Waals surface area contributed by atoms with Gasteiger partial charge in [0.1, 0.15) is 0 Å². The number of carbonyl (C=O) groups is 2. The molecule has 1 rings (SSSR count). The van der Waals surface area contributed by atoms with Gasteiger partial charge in [-0.3, -0.25) is 4.79 Å². The number of carboxylic acid groups (broad SMARTS) is 1. The van der Waals surface area contributed by atoms with Crippen LogP contribution in [0.5, 0.6) is 0 Å². The molecule has 0 radical (unpaired) electrons. The molecule has 0 aromatic rings. The van der Waals surface area contributed by atoms with Crippen molar-refractivity contribution >= 4 is 17.7 Å². The number of hydrazone groups is 1. The lowest BCUT2D eigenvalue weighted by molar-refractivity contribution is -0.137. The molecule has 5 N–H and O–H groups in total. The van der Waals surface area contributed by atoms with Crippen LogP contribution in [0.2, 0.25) is 0 Å². The van der Waals surface area contributed by atoms with Crippen LogP contribution >= 0.6 is 0 Å². The fraction of sp³-hybridized carbons (Fsp3) is 0.857. The summed E-state index contributed by atoms with van der Waals surface area (Å²) in [6.45, 7) is 2.20. The van der Waals surface area contributed by atoms with E-state index in [1.165, 1.54) is 19.3 Å². The maximum atomic E-state index is 11.0. The van der Waals surface area contributed by atoms with Gasteiger partial charge in [0.2, 0.25) is 0 Å². The average molecular weight is 398 g/mol. The maximum Gasteiger partial charge on any atom is 0.332 e. The van der Waals surface area contributed by atoms with E-state index in [2.05, 4.69) is 17.5 Å². The largest absolute Gasteiger partial charge is 0.481 e. The van der Waals surface area contributed by atoms with Crippen LogP contribution in [0.1, 0.15) is 96.8 Å². The van der Waals surface area contributed by atoms with E-state index in [0.717, 1.165) is 63.5 Å². The van der Waals surface area contributed by atoms with Gasteiger partial charge in [0.25, 0.3) is 0 Å². The van der Waals surface area contributed by atoms with Crippen molar-refractivity contribution in [1.29, 1.82) is 0 Å². The van der Waals surface area contributed by atoms with Gasteiger partial charge >= 0.3 is 12.0 Å². The zero-order chi connectivity index (χ0) is 20.8. The Morgan fingerprint density at radius 1 is 1.14 bits per heavy atom. The van der Waals surface area contributed by atoms with E-state index in [1.54, 1.807) is 0 Å². The number of aliphatic hydroxyl groups is 1. The normalized spacial score (nSPS) is 21.7. The highest BCUT2D eigenvalue weighted by Crippen LogP contribution is 2.37. The molecule has 7 nitrogen and oxygen atoms in total. The quantitative estimate of drug-likeness (QED) is 0.244. The molecule has 0 spiro atoms. The fourth-order valence-electron chi connectivity index (χ4n) is 4.22. The molecule has 0 aromatic carbocycles. The fourth-order valence-corrected chi connectivity index (χ4v) is 4.22. The Kier molecular flexibility index (Phi) is 12.5. The van der Waals surface area contributed by atoms with Crippen molar-refractivity contribution in [2.24, 2.45) is 22.7 Å². The average Bonchev–Trinajstić information content (AvgIpc) is 3.05. The molecule has 1 aliphatic rings. The van der Waals surface area contributed by atoms with E-state index in [-0.39, 0.29) is 24.4 Å². The Morgan fingerprint density at radius 3 is 2.50 bits per heavy atom. The number of rotatable bonds is 15. The number of carboxylic acids is 1. The van der Waals surface area contributed by atoms with Gasteiger partial charge in [0, 0.05) is 18.1 Å². The van der Waals surface area contributed by atoms with Crippen molar-refractivity contribution in [3.05, 3.63) is 0 Å². The number of amides is 2. The van der Waals surface area contributed by atoms with Gasteiger partial charge in [-0.1, -0.05) is 58.3 Å². The first-order valence-electron chi connectivity index (χ1n) is 11.0. The molecule has 1 unspecified atom stereocenters. The highest BCUT2D eigenvalue weighted by Gasteiger charge is 2.36. The number of nitrogens with two attached hydrogens (primary N) is 1.